The van der Waals surface area contributed by atoms with E-state index in [1.54, 1.807) is 24.3 Å². The molecular formula is C16H16CrN7S4. The largest absolute Gasteiger partial charge is 5.00 e. The molecule has 0 aromatic heterocycles. The van der Waals surface area contributed by atoms with Crippen LogP contribution in [0.4, 0.5) is 11.4 Å². The van der Waals surface area contributed by atoms with E-state index in [0.29, 0.717) is 11.4 Å². The number of isothiocyanates is 4. The summed E-state index contributed by atoms with van der Waals surface area (Å²) < 4.78 is 0. The number of nitrogens with zero attached hydrogens (tertiary/aromatic N) is 4. The molecule has 6 N–H and O–H groups in total. The molecule has 0 aliphatic heterocycles. The van der Waals surface area contributed by atoms with E-state index in [1.165, 1.54) is 20.6 Å². The monoisotopic (exact) mass is 486 g/mol. The second kappa shape index (κ2) is 44.3. The van der Waals surface area contributed by atoms with Crippen LogP contribution >= 0.6 is 48.9 Å². The van der Waals surface area contributed by atoms with Crippen molar-refractivity contribution in [1.29, 1.82) is 0 Å². The van der Waals surface area contributed by atoms with Gasteiger partial charge >= 0.3 is 17.4 Å². The Kier molecular flexibility index (Phi) is 64.0. The minimum Gasteiger partial charge on any atom is -0.753 e. The van der Waals surface area contributed by atoms with Crippen molar-refractivity contribution in [1.82, 2.24) is 6.15 Å². The Bertz CT molecular complexity index is 591. The van der Waals surface area contributed by atoms with Crippen molar-refractivity contribution >= 4 is 80.9 Å². The van der Waals surface area contributed by atoms with Crippen LogP contribution in [-0.2, 0) is 17.4 Å². The second-order valence-electron chi connectivity index (χ2n) is 3.10. The summed E-state index contributed by atoms with van der Waals surface area (Å²) in [6.45, 7) is 0. The molecule has 0 heterocycles. The fourth-order valence-corrected chi connectivity index (χ4v) is 0.876. The van der Waals surface area contributed by atoms with E-state index in [0.717, 1.165) is 0 Å². The number of nitrogens with one attached hydrogen (secondary N) is 2. The summed E-state index contributed by atoms with van der Waals surface area (Å²) in [6, 6.07) is 18.2. The van der Waals surface area contributed by atoms with Gasteiger partial charge in [0.2, 0.25) is 0 Å². The molecule has 0 spiro atoms. The van der Waals surface area contributed by atoms with Crippen molar-refractivity contribution < 1.29 is 17.4 Å². The van der Waals surface area contributed by atoms with Crippen LogP contribution in [0.15, 0.2) is 60.7 Å². The number of quaternary nitrogens is 1. The fraction of sp³-hybridized carbons (Fsp3) is 0. The van der Waals surface area contributed by atoms with E-state index in [4.69, 9.17) is 33.1 Å². The zero-order valence-corrected chi connectivity index (χ0v) is 19.1. The topological polar surface area (TPSA) is 173 Å². The van der Waals surface area contributed by atoms with Gasteiger partial charge in [-0.25, -0.2) is 0 Å². The maximum absolute atomic E-state index is 7.13. The van der Waals surface area contributed by atoms with Gasteiger partial charge in [0.1, 0.15) is 0 Å². The van der Waals surface area contributed by atoms with E-state index < -0.39 is 0 Å². The van der Waals surface area contributed by atoms with Gasteiger partial charge in [-0.1, -0.05) is 110 Å². The summed E-state index contributed by atoms with van der Waals surface area (Å²) in [6.07, 6.45) is 0. The van der Waals surface area contributed by atoms with Gasteiger partial charge in [0, 0.05) is 0 Å². The molecule has 0 fully saturated rings. The van der Waals surface area contributed by atoms with Gasteiger partial charge in [-0.15, -0.1) is 11.4 Å². The molecule has 1 radical (unpaired) electrons. The van der Waals surface area contributed by atoms with Crippen LogP contribution in [0.5, 0.6) is 0 Å². The van der Waals surface area contributed by atoms with Crippen LogP contribution < -0.4 is 6.15 Å². The summed E-state index contributed by atoms with van der Waals surface area (Å²) in [5.41, 5.74) is 15.1. The number of rotatable bonds is 0. The molecule has 28 heavy (non-hydrogen) atoms. The third-order valence-corrected chi connectivity index (χ3v) is 1.55. The maximum Gasteiger partial charge on any atom is 5.00 e. The molecule has 0 saturated carbocycles. The number of hydrogen-bond acceptors (Lipinski definition) is 4. The summed E-state index contributed by atoms with van der Waals surface area (Å²) >= 11 is 14.8. The van der Waals surface area contributed by atoms with Gasteiger partial charge < -0.3 is 39.3 Å². The molecule has 0 atom stereocenters. The Labute approximate surface area is 197 Å². The summed E-state index contributed by atoms with van der Waals surface area (Å²) in [4.78, 5) is 0. The summed E-state index contributed by atoms with van der Waals surface area (Å²) in [5, 5.41) is 33.9. The van der Waals surface area contributed by atoms with Gasteiger partial charge in [-0.05, 0) is 0 Å². The maximum atomic E-state index is 7.13. The molecule has 145 valence electrons. The molecule has 0 saturated heterocycles. The van der Waals surface area contributed by atoms with Gasteiger partial charge in [-0.3, -0.25) is 0 Å². The van der Waals surface area contributed by atoms with Crippen molar-refractivity contribution in [2.75, 3.05) is 0 Å². The molecule has 0 amide bonds. The zero-order chi connectivity index (χ0) is 21.1. The van der Waals surface area contributed by atoms with Crippen molar-refractivity contribution in [2.24, 2.45) is 0 Å². The smallest absolute Gasteiger partial charge is 0.753 e. The predicted molar refractivity (Wildman–Crippen MR) is 131 cm³/mol. The molecule has 0 aliphatic carbocycles. The Morgan fingerprint density at radius 1 is 0.536 bits per heavy atom. The van der Waals surface area contributed by atoms with E-state index in [2.05, 4.69) is 48.9 Å². The Hall–Kier alpha value is -2.27. The van der Waals surface area contributed by atoms with Crippen LogP contribution in [0.25, 0.3) is 33.1 Å². The molecule has 0 unspecified atom stereocenters. The van der Waals surface area contributed by atoms with Gasteiger partial charge in [0.05, 0.1) is 0 Å². The van der Waals surface area contributed by atoms with Crippen molar-refractivity contribution in [3.05, 3.63) is 93.8 Å². The molecule has 7 nitrogen and oxygen atoms in total. The number of hydrogen-bond donors (Lipinski definition) is 1. The minimum absolute atomic E-state index is 0. The number of thiocarbonyl (C=S) groups is 4. The van der Waals surface area contributed by atoms with E-state index in [1.807, 2.05) is 36.4 Å². The van der Waals surface area contributed by atoms with Crippen molar-refractivity contribution in [2.45, 2.75) is 0 Å². The molecule has 0 aliphatic rings. The third kappa shape index (κ3) is 65.0. The second-order valence-corrected chi connectivity index (χ2v) is 3.83. The molecule has 0 bridgehead atoms. The molecule has 2 aromatic carbocycles. The third-order valence-electron chi connectivity index (χ3n) is 1.55. The molecular weight excluding hydrogens is 470 g/mol. The Balaban J connectivity index is -0.0000000543. The average molecular weight is 487 g/mol. The van der Waals surface area contributed by atoms with Crippen LogP contribution in [-0.4, -0.2) is 20.6 Å². The van der Waals surface area contributed by atoms with Crippen LogP contribution in [0.1, 0.15) is 0 Å². The standard InChI is InChI=1S/2C6H6N.4CNS.Cr.H3N/c2*7-6-4-2-1-3-5-6;4*2-1-3;;/h2*1-5,7H;;;;;;1H3/q6*-1;+5;/p+1. The summed E-state index contributed by atoms with van der Waals surface area (Å²) in [7, 11) is 0. The van der Waals surface area contributed by atoms with Crippen LogP contribution in [0, 0.1) is 0 Å². The molecule has 2 rings (SSSR count). The SMILES string of the molecule is [Cr+5].[N-]=C=S.[N-]=C=S.[N-]=C=S.[N-]=C=S.[NH-]c1ccccc1.[NH-]c1ccccc1.[NH4+]. The summed E-state index contributed by atoms with van der Waals surface area (Å²) in [5.74, 6) is 0. The van der Waals surface area contributed by atoms with E-state index in [-0.39, 0.29) is 23.5 Å². The molecule has 2 aromatic rings. The van der Waals surface area contributed by atoms with Gasteiger partial charge in [0.25, 0.3) is 0 Å². The normalized spacial score (nSPS) is 5.43. The quantitative estimate of drug-likeness (QED) is 0.296. The Morgan fingerprint density at radius 2 is 0.679 bits per heavy atom. The average Bonchev–Trinajstić information content (AvgIpc) is 2.60. The first-order valence-corrected chi connectivity index (χ1v) is 7.67. The number of benzene rings is 2. The van der Waals surface area contributed by atoms with Gasteiger partial charge in [-0.2, -0.15) is 20.6 Å². The van der Waals surface area contributed by atoms with Crippen LogP contribution in [0.3, 0.4) is 0 Å². The fourth-order valence-electron chi connectivity index (χ4n) is 0.876. The zero-order valence-electron chi connectivity index (χ0n) is 14.6. The first kappa shape index (κ1) is 40.4. The minimum atomic E-state index is 0. The molecule has 12 heteroatoms. The van der Waals surface area contributed by atoms with E-state index in [9.17, 15) is 0 Å². The predicted octanol–water partition coefficient (Wildman–Crippen LogP) is 7.75. The van der Waals surface area contributed by atoms with Crippen molar-refractivity contribution in [3.63, 3.8) is 0 Å². The van der Waals surface area contributed by atoms with Gasteiger partial charge in [0.15, 0.2) is 0 Å². The first-order chi connectivity index (χ1) is 12.4. The Morgan fingerprint density at radius 3 is 0.750 bits per heavy atom. The van der Waals surface area contributed by atoms with Crippen LogP contribution in [0.2, 0.25) is 0 Å². The van der Waals surface area contributed by atoms with E-state index >= 15 is 0 Å². The van der Waals surface area contributed by atoms with Crippen molar-refractivity contribution in [3.8, 4) is 0 Å². The first-order valence-electron chi connectivity index (χ1n) is 6.03.